The lowest BCUT2D eigenvalue weighted by Crippen LogP contribution is -2.31. The largest absolute Gasteiger partial charge is 0.472 e. The van der Waals surface area contributed by atoms with Gasteiger partial charge in [0.25, 0.3) is 0 Å². The Kier molecular flexibility index (Phi) is 3.33. The lowest BCUT2D eigenvalue weighted by Gasteiger charge is -2.26. The molecule has 4 nitrogen and oxygen atoms in total. The molecule has 1 aliphatic rings. The highest BCUT2D eigenvalue weighted by molar-refractivity contribution is 5.12. The highest BCUT2D eigenvalue weighted by Crippen LogP contribution is 2.41. The van der Waals surface area contributed by atoms with Crippen molar-refractivity contribution < 1.29 is 19.4 Å². The molecule has 2 N–H and O–H groups in total. The summed E-state index contributed by atoms with van der Waals surface area (Å²) in [5.74, 6) is 0. The second-order valence-electron chi connectivity index (χ2n) is 4.69. The lowest BCUT2D eigenvalue weighted by atomic mass is 9.95. The Hall–Kier alpha value is -0.840. The number of aliphatic hydroxyl groups is 2. The van der Waals surface area contributed by atoms with Crippen molar-refractivity contribution in [2.24, 2.45) is 0 Å². The molecule has 1 aromatic heterocycles. The van der Waals surface area contributed by atoms with E-state index in [2.05, 4.69) is 0 Å². The smallest absolute Gasteiger partial charge is 0.0960 e. The fourth-order valence-electron chi connectivity index (χ4n) is 2.30. The number of furan rings is 1. The Morgan fingerprint density at radius 3 is 3.06 bits per heavy atom. The van der Waals surface area contributed by atoms with Crippen molar-refractivity contribution in [1.29, 1.82) is 0 Å². The normalized spacial score (nSPS) is 31.8. The Morgan fingerprint density at radius 1 is 1.62 bits per heavy atom. The maximum Gasteiger partial charge on any atom is 0.0960 e. The van der Waals surface area contributed by atoms with Crippen LogP contribution in [-0.2, 0) is 4.74 Å². The first-order valence-corrected chi connectivity index (χ1v) is 5.62. The van der Waals surface area contributed by atoms with E-state index in [1.54, 1.807) is 12.5 Å². The second kappa shape index (κ2) is 4.57. The number of aliphatic hydroxyl groups excluding tert-OH is 2. The van der Waals surface area contributed by atoms with Crippen molar-refractivity contribution in [2.75, 3.05) is 6.61 Å². The molecule has 0 amide bonds. The van der Waals surface area contributed by atoms with Crippen LogP contribution in [0.25, 0.3) is 0 Å². The highest BCUT2D eigenvalue weighted by atomic mass is 16.5. The predicted octanol–water partition coefficient (Wildman–Crippen LogP) is 1.63. The van der Waals surface area contributed by atoms with Crippen molar-refractivity contribution >= 4 is 0 Å². The molecule has 90 valence electrons. The summed E-state index contributed by atoms with van der Waals surface area (Å²) in [6, 6.07) is 1.90. The molecule has 0 aromatic carbocycles. The van der Waals surface area contributed by atoms with Gasteiger partial charge in [-0.15, -0.1) is 0 Å². The minimum Gasteiger partial charge on any atom is -0.472 e. The van der Waals surface area contributed by atoms with Gasteiger partial charge in [-0.05, 0) is 25.8 Å². The SMILES string of the molecule is C[C@@]1(CC(O)CO)CC[C@H](c2ccoc2)O1. The third kappa shape index (κ3) is 2.45. The molecule has 0 saturated carbocycles. The first-order valence-electron chi connectivity index (χ1n) is 5.62. The van der Waals surface area contributed by atoms with Crippen LogP contribution in [0.3, 0.4) is 0 Å². The van der Waals surface area contributed by atoms with E-state index in [0.717, 1.165) is 18.4 Å². The highest BCUT2D eigenvalue weighted by Gasteiger charge is 2.38. The minimum absolute atomic E-state index is 0.0506. The van der Waals surface area contributed by atoms with Gasteiger partial charge in [0.2, 0.25) is 0 Å². The van der Waals surface area contributed by atoms with Gasteiger partial charge >= 0.3 is 0 Å². The molecule has 0 bridgehead atoms. The summed E-state index contributed by atoms with van der Waals surface area (Å²) in [6.07, 6.45) is 4.96. The van der Waals surface area contributed by atoms with Crippen LogP contribution in [0.15, 0.2) is 23.0 Å². The Bertz CT molecular complexity index is 322. The molecule has 3 atom stereocenters. The van der Waals surface area contributed by atoms with Crippen LogP contribution in [0.4, 0.5) is 0 Å². The topological polar surface area (TPSA) is 62.8 Å². The molecule has 2 rings (SSSR count). The number of hydrogen-bond acceptors (Lipinski definition) is 4. The Balaban J connectivity index is 1.96. The average Bonchev–Trinajstić information content (AvgIpc) is 2.86. The van der Waals surface area contributed by atoms with E-state index in [4.69, 9.17) is 14.3 Å². The van der Waals surface area contributed by atoms with Crippen LogP contribution in [0.1, 0.15) is 37.9 Å². The van der Waals surface area contributed by atoms with Gasteiger partial charge < -0.3 is 19.4 Å². The van der Waals surface area contributed by atoms with Crippen molar-refractivity contribution in [3.8, 4) is 0 Å². The van der Waals surface area contributed by atoms with Crippen LogP contribution < -0.4 is 0 Å². The summed E-state index contributed by atoms with van der Waals surface area (Å²) >= 11 is 0. The molecule has 1 aliphatic heterocycles. The van der Waals surface area contributed by atoms with E-state index in [9.17, 15) is 5.11 Å². The molecule has 4 heteroatoms. The van der Waals surface area contributed by atoms with Crippen molar-refractivity contribution in [1.82, 2.24) is 0 Å². The third-order valence-electron chi connectivity index (χ3n) is 3.16. The third-order valence-corrected chi connectivity index (χ3v) is 3.16. The molecule has 16 heavy (non-hydrogen) atoms. The van der Waals surface area contributed by atoms with E-state index >= 15 is 0 Å². The zero-order valence-corrected chi connectivity index (χ0v) is 9.43. The predicted molar refractivity (Wildman–Crippen MR) is 57.9 cm³/mol. The van der Waals surface area contributed by atoms with Gasteiger partial charge in [0, 0.05) is 12.0 Å². The molecule has 1 saturated heterocycles. The summed E-state index contributed by atoms with van der Waals surface area (Å²) in [6.45, 7) is 1.77. The van der Waals surface area contributed by atoms with Crippen LogP contribution in [-0.4, -0.2) is 28.5 Å². The van der Waals surface area contributed by atoms with E-state index in [-0.39, 0.29) is 18.3 Å². The fraction of sp³-hybridized carbons (Fsp3) is 0.667. The number of ether oxygens (including phenoxy) is 1. The summed E-state index contributed by atoms with van der Waals surface area (Å²) in [7, 11) is 0. The lowest BCUT2D eigenvalue weighted by molar-refractivity contribution is -0.0652. The van der Waals surface area contributed by atoms with Crippen LogP contribution in [0.2, 0.25) is 0 Å². The van der Waals surface area contributed by atoms with Crippen LogP contribution >= 0.6 is 0 Å². The first kappa shape index (κ1) is 11.6. The van der Waals surface area contributed by atoms with Crippen molar-refractivity contribution in [3.05, 3.63) is 24.2 Å². The van der Waals surface area contributed by atoms with Gasteiger partial charge in [-0.1, -0.05) is 0 Å². The molecule has 0 radical (unpaired) electrons. The molecular weight excluding hydrogens is 208 g/mol. The molecule has 1 aromatic rings. The molecule has 0 spiro atoms. The molecule has 1 fully saturated rings. The maximum absolute atomic E-state index is 9.45. The van der Waals surface area contributed by atoms with E-state index in [0.29, 0.717) is 6.42 Å². The van der Waals surface area contributed by atoms with Crippen molar-refractivity contribution in [3.63, 3.8) is 0 Å². The van der Waals surface area contributed by atoms with Crippen LogP contribution in [0, 0.1) is 0 Å². The number of hydrogen-bond donors (Lipinski definition) is 2. The zero-order valence-electron chi connectivity index (χ0n) is 9.43. The minimum atomic E-state index is -0.701. The van der Waals surface area contributed by atoms with Gasteiger partial charge in [-0.3, -0.25) is 0 Å². The summed E-state index contributed by atoms with van der Waals surface area (Å²) in [5, 5.41) is 18.3. The van der Waals surface area contributed by atoms with Gasteiger partial charge in [-0.25, -0.2) is 0 Å². The van der Waals surface area contributed by atoms with E-state index < -0.39 is 6.10 Å². The monoisotopic (exact) mass is 226 g/mol. The first-order chi connectivity index (χ1) is 7.63. The summed E-state index contributed by atoms with van der Waals surface area (Å²) in [5.41, 5.74) is 0.701. The molecule has 0 aliphatic carbocycles. The van der Waals surface area contributed by atoms with Gasteiger partial charge in [0.05, 0.1) is 36.9 Å². The van der Waals surface area contributed by atoms with Crippen LogP contribution in [0.5, 0.6) is 0 Å². The van der Waals surface area contributed by atoms with E-state index in [1.807, 2.05) is 13.0 Å². The Morgan fingerprint density at radius 2 is 2.44 bits per heavy atom. The van der Waals surface area contributed by atoms with E-state index in [1.165, 1.54) is 0 Å². The molecule has 2 heterocycles. The average molecular weight is 226 g/mol. The zero-order chi connectivity index (χ0) is 11.6. The standard InChI is InChI=1S/C12H18O4/c1-12(6-10(14)7-13)4-2-11(16-12)9-3-5-15-8-9/h3,5,8,10-11,13-14H,2,4,6-7H2,1H3/t10?,11-,12+/m1/s1. The second-order valence-corrected chi connectivity index (χ2v) is 4.69. The summed E-state index contributed by atoms with van der Waals surface area (Å²) < 4.78 is 11.0. The quantitative estimate of drug-likeness (QED) is 0.819. The van der Waals surface area contributed by atoms with Gasteiger partial charge in [0.1, 0.15) is 0 Å². The fourth-order valence-corrected chi connectivity index (χ4v) is 2.30. The van der Waals surface area contributed by atoms with Gasteiger partial charge in [-0.2, -0.15) is 0 Å². The Labute approximate surface area is 94.8 Å². The molecular formula is C12H18O4. The van der Waals surface area contributed by atoms with Gasteiger partial charge in [0.15, 0.2) is 0 Å². The van der Waals surface area contributed by atoms with Crippen molar-refractivity contribution in [2.45, 2.75) is 44.0 Å². The molecule has 1 unspecified atom stereocenters. The summed E-state index contributed by atoms with van der Waals surface area (Å²) in [4.78, 5) is 0. The maximum atomic E-state index is 9.45. The number of rotatable bonds is 4.